The van der Waals surface area contributed by atoms with Crippen LogP contribution in [0.25, 0.3) is 10.4 Å². The quantitative estimate of drug-likeness (QED) is 0.371. The summed E-state index contributed by atoms with van der Waals surface area (Å²) in [6.45, 7) is 6.88. The molecular formula is C26H34ClN3O7S2. The van der Waals surface area contributed by atoms with Crippen LogP contribution in [-0.4, -0.2) is 55.4 Å². The van der Waals surface area contributed by atoms with E-state index >= 15 is 0 Å². The Morgan fingerprint density at radius 2 is 1.87 bits per heavy atom. The Kier molecular flexibility index (Phi) is 10.0. The third-order valence-corrected chi connectivity index (χ3v) is 8.56. The molecule has 1 saturated carbocycles. The van der Waals surface area contributed by atoms with Crippen LogP contribution in [0.2, 0.25) is 5.02 Å². The topological polar surface area (TPSA) is 141 Å². The molecule has 0 saturated heterocycles. The third kappa shape index (κ3) is 9.18. The van der Waals surface area contributed by atoms with Crippen LogP contribution in [-0.2, 0) is 28.9 Å². The lowest BCUT2D eigenvalue weighted by molar-refractivity contribution is -0.151. The average Bonchev–Trinajstić information content (AvgIpc) is 3.44. The van der Waals surface area contributed by atoms with Gasteiger partial charge in [-0.1, -0.05) is 29.0 Å². The average molecular weight is 600 g/mol. The number of nitrogens with one attached hydrogen (secondary N) is 2. The SMILES string of the molecule is Cc1nc(NC(=O)CCC(NC(=O)OC(C)(C)C)C(=O)OC2CCCC2)sc1-c1ccc(Cl)c(S(C)(=O)=O)c1. The van der Waals surface area contributed by atoms with E-state index in [4.69, 9.17) is 21.1 Å². The molecule has 39 heavy (non-hydrogen) atoms. The largest absolute Gasteiger partial charge is 0.461 e. The zero-order chi connectivity index (χ0) is 29.0. The molecule has 1 aromatic carbocycles. The molecule has 0 radical (unpaired) electrons. The first kappa shape index (κ1) is 30.8. The molecule has 0 bridgehead atoms. The van der Waals surface area contributed by atoms with E-state index in [0.717, 1.165) is 31.9 Å². The lowest BCUT2D eigenvalue weighted by atomic mass is 10.1. The number of anilines is 1. The summed E-state index contributed by atoms with van der Waals surface area (Å²) in [5, 5.41) is 5.69. The predicted octanol–water partition coefficient (Wildman–Crippen LogP) is 5.27. The summed E-state index contributed by atoms with van der Waals surface area (Å²) >= 11 is 7.24. The number of hydrogen-bond acceptors (Lipinski definition) is 9. The van der Waals surface area contributed by atoms with Gasteiger partial charge in [0, 0.05) is 12.7 Å². The Balaban J connectivity index is 1.67. The second-order valence-electron chi connectivity index (χ2n) is 10.5. The number of hydrogen-bond donors (Lipinski definition) is 2. The fourth-order valence-electron chi connectivity index (χ4n) is 4.06. The smallest absolute Gasteiger partial charge is 0.408 e. The van der Waals surface area contributed by atoms with Crippen molar-refractivity contribution in [1.82, 2.24) is 10.3 Å². The zero-order valence-electron chi connectivity index (χ0n) is 22.6. The minimum absolute atomic E-state index is 0.00273. The number of rotatable bonds is 9. The van der Waals surface area contributed by atoms with Crippen molar-refractivity contribution in [2.24, 2.45) is 0 Å². The van der Waals surface area contributed by atoms with Crippen LogP contribution in [0.15, 0.2) is 23.1 Å². The Morgan fingerprint density at radius 1 is 1.21 bits per heavy atom. The van der Waals surface area contributed by atoms with Crippen molar-refractivity contribution in [2.75, 3.05) is 11.6 Å². The van der Waals surface area contributed by atoms with E-state index in [1.165, 1.54) is 23.5 Å². The van der Waals surface area contributed by atoms with E-state index < -0.39 is 39.4 Å². The summed E-state index contributed by atoms with van der Waals surface area (Å²) in [6, 6.07) is 3.62. The van der Waals surface area contributed by atoms with Crippen molar-refractivity contribution in [3.05, 3.63) is 28.9 Å². The van der Waals surface area contributed by atoms with Crippen molar-refractivity contribution >= 4 is 55.9 Å². The zero-order valence-corrected chi connectivity index (χ0v) is 25.0. The Morgan fingerprint density at radius 3 is 2.49 bits per heavy atom. The van der Waals surface area contributed by atoms with Crippen molar-refractivity contribution in [1.29, 1.82) is 0 Å². The van der Waals surface area contributed by atoms with E-state index in [-0.39, 0.29) is 28.9 Å². The van der Waals surface area contributed by atoms with Crippen LogP contribution in [0.3, 0.4) is 0 Å². The number of aromatic nitrogens is 1. The minimum atomic E-state index is -3.53. The van der Waals surface area contributed by atoms with Crippen LogP contribution in [0.5, 0.6) is 0 Å². The number of sulfone groups is 1. The second kappa shape index (κ2) is 12.6. The number of thiazole rings is 1. The number of carbonyl (C=O) groups is 3. The first-order valence-electron chi connectivity index (χ1n) is 12.6. The maximum atomic E-state index is 12.8. The molecule has 0 aliphatic heterocycles. The van der Waals surface area contributed by atoms with Gasteiger partial charge < -0.3 is 20.1 Å². The maximum absolute atomic E-state index is 12.8. The number of carbonyl (C=O) groups excluding carboxylic acids is 3. The molecule has 1 aliphatic carbocycles. The normalized spacial score (nSPS) is 15.0. The molecule has 1 atom stereocenters. The number of ether oxygens (including phenoxy) is 2. The van der Waals surface area contributed by atoms with E-state index in [2.05, 4.69) is 15.6 Å². The molecule has 2 amide bonds. The van der Waals surface area contributed by atoms with Crippen LogP contribution in [0.1, 0.15) is 65.0 Å². The number of amides is 2. The summed E-state index contributed by atoms with van der Waals surface area (Å²) in [5.41, 5.74) is 0.446. The van der Waals surface area contributed by atoms with Gasteiger partial charge in [-0.15, -0.1) is 0 Å². The lowest BCUT2D eigenvalue weighted by Crippen LogP contribution is -2.45. The second-order valence-corrected chi connectivity index (χ2v) is 13.9. The molecule has 1 aromatic heterocycles. The van der Waals surface area contributed by atoms with Crippen molar-refractivity contribution in [3.8, 4) is 10.4 Å². The Bertz CT molecular complexity index is 1330. The van der Waals surface area contributed by atoms with Crippen LogP contribution in [0.4, 0.5) is 9.93 Å². The molecule has 1 aliphatic rings. The standard InChI is InChI=1S/C26H34ClN3O7S2/c1-15-22(16-10-11-18(27)20(14-16)39(5,34)35)38-24(28-15)30-21(31)13-12-19(29-25(33)37-26(2,3)4)23(32)36-17-8-6-7-9-17/h10-11,14,17,19H,6-9,12-13H2,1-5H3,(H,29,33)(H,28,30,31). The van der Waals surface area contributed by atoms with Crippen LogP contribution >= 0.6 is 22.9 Å². The van der Waals surface area contributed by atoms with Crippen molar-refractivity contribution < 1.29 is 32.3 Å². The van der Waals surface area contributed by atoms with E-state index in [1.807, 2.05) is 0 Å². The number of benzene rings is 1. The lowest BCUT2D eigenvalue weighted by Gasteiger charge is -2.23. The van der Waals surface area contributed by atoms with E-state index in [1.54, 1.807) is 33.8 Å². The summed E-state index contributed by atoms with van der Waals surface area (Å²) < 4.78 is 35.0. The molecule has 2 N–H and O–H groups in total. The Hall–Kier alpha value is -2.70. The van der Waals surface area contributed by atoms with Gasteiger partial charge in [0.15, 0.2) is 15.0 Å². The molecule has 3 rings (SSSR count). The van der Waals surface area contributed by atoms with Crippen molar-refractivity contribution in [3.63, 3.8) is 0 Å². The molecule has 2 aromatic rings. The summed E-state index contributed by atoms with van der Waals surface area (Å²) in [5.74, 6) is -1.01. The predicted molar refractivity (Wildman–Crippen MR) is 150 cm³/mol. The van der Waals surface area contributed by atoms with Crippen molar-refractivity contribution in [2.45, 2.75) is 88.9 Å². The first-order chi connectivity index (χ1) is 18.1. The molecule has 1 heterocycles. The summed E-state index contributed by atoms with van der Waals surface area (Å²) in [6.07, 6.45) is 3.53. The monoisotopic (exact) mass is 599 g/mol. The molecule has 214 valence electrons. The van der Waals surface area contributed by atoms with Gasteiger partial charge in [0.25, 0.3) is 0 Å². The van der Waals surface area contributed by atoms with Gasteiger partial charge in [-0.05, 0) is 77.5 Å². The van der Waals surface area contributed by atoms with Gasteiger partial charge >= 0.3 is 12.1 Å². The molecule has 10 nitrogen and oxygen atoms in total. The highest BCUT2D eigenvalue weighted by Gasteiger charge is 2.29. The molecule has 1 fully saturated rings. The molecule has 1 unspecified atom stereocenters. The van der Waals surface area contributed by atoms with Gasteiger partial charge in [0.2, 0.25) is 5.91 Å². The van der Waals surface area contributed by atoms with Gasteiger partial charge in [0.1, 0.15) is 17.7 Å². The highest BCUT2D eigenvalue weighted by atomic mass is 35.5. The number of esters is 1. The van der Waals surface area contributed by atoms with E-state index in [0.29, 0.717) is 21.3 Å². The number of halogens is 1. The van der Waals surface area contributed by atoms with E-state index in [9.17, 15) is 22.8 Å². The van der Waals surface area contributed by atoms with Gasteiger partial charge in [-0.2, -0.15) is 0 Å². The minimum Gasteiger partial charge on any atom is -0.461 e. The molecular weight excluding hydrogens is 566 g/mol. The van der Waals surface area contributed by atoms with Crippen LogP contribution < -0.4 is 10.6 Å². The molecule has 0 spiro atoms. The summed E-state index contributed by atoms with van der Waals surface area (Å²) in [7, 11) is -3.53. The highest BCUT2D eigenvalue weighted by Crippen LogP contribution is 2.35. The number of alkyl carbamates (subject to hydrolysis) is 1. The summed E-state index contributed by atoms with van der Waals surface area (Å²) in [4.78, 5) is 43.0. The number of aryl methyl sites for hydroxylation is 1. The molecule has 13 heteroatoms. The maximum Gasteiger partial charge on any atom is 0.408 e. The fourth-order valence-corrected chi connectivity index (χ4v) is 6.34. The van der Waals surface area contributed by atoms with Crippen LogP contribution in [0, 0.1) is 6.92 Å². The van der Waals surface area contributed by atoms with Gasteiger partial charge in [0.05, 0.1) is 20.5 Å². The first-order valence-corrected chi connectivity index (χ1v) is 15.7. The highest BCUT2D eigenvalue weighted by molar-refractivity contribution is 7.90. The number of nitrogens with zero attached hydrogens (tertiary/aromatic N) is 1. The fraction of sp³-hybridized carbons (Fsp3) is 0.538. The third-order valence-electron chi connectivity index (χ3n) is 5.86. The Labute approximate surface area is 237 Å². The van der Waals surface area contributed by atoms with Gasteiger partial charge in [-0.3, -0.25) is 4.79 Å². The van der Waals surface area contributed by atoms with Gasteiger partial charge in [-0.25, -0.2) is 23.0 Å².